The van der Waals surface area contributed by atoms with Crippen LogP contribution >= 0.6 is 0 Å². The molecule has 0 radical (unpaired) electrons. The maximum atomic E-state index is 12.7. The highest BCUT2D eigenvalue weighted by molar-refractivity contribution is 5.76. The van der Waals surface area contributed by atoms with Gasteiger partial charge in [0.05, 0.1) is 16.7 Å². The number of nitrogens with zero attached hydrogens (tertiary/aromatic N) is 3. The van der Waals surface area contributed by atoms with Gasteiger partial charge < -0.3 is 14.4 Å². The number of benzene rings is 1. The van der Waals surface area contributed by atoms with Crippen LogP contribution in [-0.4, -0.2) is 39.0 Å². The maximum Gasteiger partial charge on any atom is 0.222 e. The summed E-state index contributed by atoms with van der Waals surface area (Å²) in [6, 6.07) is 8.11. The van der Waals surface area contributed by atoms with E-state index in [-0.39, 0.29) is 5.91 Å². The molecule has 3 heterocycles. The normalized spacial score (nSPS) is 17.6. The van der Waals surface area contributed by atoms with Crippen LogP contribution in [0.1, 0.15) is 42.1 Å². The van der Waals surface area contributed by atoms with E-state index in [2.05, 4.69) is 21.2 Å². The highest BCUT2D eigenvalue weighted by Crippen LogP contribution is 2.23. The van der Waals surface area contributed by atoms with Crippen molar-refractivity contribution in [2.75, 3.05) is 13.1 Å². The van der Waals surface area contributed by atoms with Gasteiger partial charge in [0.25, 0.3) is 0 Å². The monoisotopic (exact) mass is 366 g/mol. The number of fused-ring (bicyclic) bond motifs is 1. The number of rotatable bonds is 5. The van der Waals surface area contributed by atoms with Gasteiger partial charge in [0.15, 0.2) is 0 Å². The Morgan fingerprint density at radius 1 is 1.33 bits per heavy atom. The third-order valence-corrected chi connectivity index (χ3v) is 5.56. The minimum absolute atomic E-state index is 0.226. The van der Waals surface area contributed by atoms with Crippen molar-refractivity contribution >= 4 is 16.9 Å². The second kappa shape index (κ2) is 7.55. The average Bonchev–Trinajstić information content (AvgIpc) is 3.22. The fraction of sp³-hybridized carbons (Fsp3) is 0.476. The van der Waals surface area contributed by atoms with Gasteiger partial charge in [-0.25, -0.2) is 4.98 Å². The molecule has 2 aromatic heterocycles. The number of imidazole rings is 1. The standard InChI is InChI=1S/C21H26N4O2/c1-14-17(15(2)27-24-14)9-10-21(26)25-11-5-6-16(13-25)12-20-22-18-7-3-4-8-19(18)23-20/h3-4,7-8,16H,5-6,9-13H2,1-2H3,(H,22,23). The van der Waals surface area contributed by atoms with Crippen molar-refractivity contribution in [3.63, 3.8) is 0 Å². The van der Waals surface area contributed by atoms with Crippen LogP contribution in [0.3, 0.4) is 0 Å². The minimum Gasteiger partial charge on any atom is -0.361 e. The number of carbonyl (C=O) groups excluding carboxylic acids is 1. The predicted octanol–water partition coefficient (Wildman–Crippen LogP) is 3.58. The first kappa shape index (κ1) is 17.8. The average molecular weight is 366 g/mol. The molecule has 1 aliphatic heterocycles. The summed E-state index contributed by atoms with van der Waals surface area (Å²) in [7, 11) is 0. The van der Waals surface area contributed by atoms with Crippen LogP contribution in [0.4, 0.5) is 0 Å². The molecule has 1 unspecified atom stereocenters. The van der Waals surface area contributed by atoms with E-state index in [9.17, 15) is 4.79 Å². The van der Waals surface area contributed by atoms with Gasteiger partial charge >= 0.3 is 0 Å². The fourth-order valence-electron chi connectivity index (χ4n) is 4.08. The van der Waals surface area contributed by atoms with Crippen molar-refractivity contribution in [1.29, 1.82) is 0 Å². The summed E-state index contributed by atoms with van der Waals surface area (Å²) in [4.78, 5) is 22.8. The molecule has 1 atom stereocenters. The van der Waals surface area contributed by atoms with E-state index in [4.69, 9.17) is 4.52 Å². The molecule has 142 valence electrons. The Morgan fingerprint density at radius 3 is 2.96 bits per heavy atom. The predicted molar refractivity (Wildman–Crippen MR) is 103 cm³/mol. The quantitative estimate of drug-likeness (QED) is 0.749. The minimum atomic E-state index is 0.226. The van der Waals surface area contributed by atoms with Gasteiger partial charge in [0.1, 0.15) is 11.6 Å². The van der Waals surface area contributed by atoms with Crippen molar-refractivity contribution in [3.8, 4) is 0 Å². The van der Waals surface area contributed by atoms with E-state index in [0.29, 0.717) is 18.8 Å². The first-order valence-corrected chi connectivity index (χ1v) is 9.73. The Labute approximate surface area is 158 Å². The number of hydrogen-bond acceptors (Lipinski definition) is 4. The lowest BCUT2D eigenvalue weighted by atomic mass is 9.94. The van der Waals surface area contributed by atoms with Crippen LogP contribution in [0.25, 0.3) is 11.0 Å². The zero-order chi connectivity index (χ0) is 18.8. The molecule has 1 fully saturated rings. The van der Waals surface area contributed by atoms with Gasteiger partial charge in [-0.3, -0.25) is 4.79 Å². The summed E-state index contributed by atoms with van der Waals surface area (Å²) >= 11 is 0. The summed E-state index contributed by atoms with van der Waals surface area (Å²) in [5, 5.41) is 3.97. The van der Waals surface area contributed by atoms with Gasteiger partial charge in [-0.15, -0.1) is 0 Å². The number of likely N-dealkylation sites (tertiary alicyclic amines) is 1. The Bertz CT molecular complexity index is 890. The number of aryl methyl sites for hydroxylation is 2. The largest absolute Gasteiger partial charge is 0.361 e. The molecule has 0 aliphatic carbocycles. The zero-order valence-electron chi connectivity index (χ0n) is 16.0. The number of piperidine rings is 1. The van der Waals surface area contributed by atoms with Crippen molar-refractivity contribution < 1.29 is 9.32 Å². The number of nitrogens with one attached hydrogen (secondary N) is 1. The second-order valence-corrected chi connectivity index (χ2v) is 7.56. The number of aromatic nitrogens is 3. The van der Waals surface area contributed by atoms with E-state index >= 15 is 0 Å². The van der Waals surface area contributed by atoms with E-state index in [0.717, 1.165) is 66.2 Å². The summed E-state index contributed by atoms with van der Waals surface area (Å²) in [6.45, 7) is 5.51. The zero-order valence-corrected chi connectivity index (χ0v) is 16.0. The molecule has 6 heteroatoms. The molecular formula is C21H26N4O2. The molecule has 4 rings (SSSR count). The van der Waals surface area contributed by atoms with Gasteiger partial charge in [0, 0.05) is 31.5 Å². The maximum absolute atomic E-state index is 12.7. The number of carbonyl (C=O) groups is 1. The number of aromatic amines is 1. The molecule has 1 N–H and O–H groups in total. The fourth-order valence-corrected chi connectivity index (χ4v) is 4.08. The van der Waals surface area contributed by atoms with Crippen molar-refractivity contribution in [1.82, 2.24) is 20.0 Å². The first-order chi connectivity index (χ1) is 13.1. The summed E-state index contributed by atoms with van der Waals surface area (Å²) in [6.07, 6.45) is 4.31. The summed E-state index contributed by atoms with van der Waals surface area (Å²) in [5.41, 5.74) is 4.05. The van der Waals surface area contributed by atoms with Crippen LogP contribution in [0, 0.1) is 19.8 Å². The molecule has 1 saturated heterocycles. The van der Waals surface area contributed by atoms with Crippen LogP contribution in [-0.2, 0) is 17.6 Å². The number of para-hydroxylation sites is 2. The smallest absolute Gasteiger partial charge is 0.222 e. The molecule has 6 nitrogen and oxygen atoms in total. The Balaban J connectivity index is 1.35. The van der Waals surface area contributed by atoms with E-state index in [1.807, 2.05) is 36.9 Å². The molecule has 1 aliphatic rings. The topological polar surface area (TPSA) is 75.0 Å². The Morgan fingerprint density at radius 2 is 2.19 bits per heavy atom. The van der Waals surface area contributed by atoms with Crippen LogP contribution in [0.5, 0.6) is 0 Å². The van der Waals surface area contributed by atoms with E-state index in [1.165, 1.54) is 0 Å². The lowest BCUT2D eigenvalue weighted by Gasteiger charge is -2.32. The molecule has 3 aromatic rings. The van der Waals surface area contributed by atoms with E-state index in [1.54, 1.807) is 0 Å². The second-order valence-electron chi connectivity index (χ2n) is 7.56. The molecule has 0 bridgehead atoms. The van der Waals surface area contributed by atoms with Gasteiger partial charge in [0.2, 0.25) is 5.91 Å². The van der Waals surface area contributed by atoms with E-state index < -0.39 is 0 Å². The highest BCUT2D eigenvalue weighted by atomic mass is 16.5. The number of H-pyrrole nitrogens is 1. The Kier molecular flexibility index (Phi) is 4.97. The summed E-state index contributed by atoms with van der Waals surface area (Å²) in [5.74, 6) is 2.53. The third kappa shape index (κ3) is 3.89. The lowest BCUT2D eigenvalue weighted by molar-refractivity contribution is -0.133. The molecule has 0 spiro atoms. The first-order valence-electron chi connectivity index (χ1n) is 9.73. The molecule has 1 amide bonds. The van der Waals surface area contributed by atoms with Crippen LogP contribution in [0.15, 0.2) is 28.8 Å². The molecule has 27 heavy (non-hydrogen) atoms. The van der Waals surface area contributed by atoms with Gasteiger partial charge in [-0.05, 0) is 51.2 Å². The van der Waals surface area contributed by atoms with Crippen molar-refractivity contribution in [3.05, 3.63) is 47.1 Å². The highest BCUT2D eigenvalue weighted by Gasteiger charge is 2.25. The van der Waals surface area contributed by atoms with Crippen LogP contribution in [0.2, 0.25) is 0 Å². The van der Waals surface area contributed by atoms with Crippen LogP contribution < -0.4 is 0 Å². The number of amides is 1. The molecular weight excluding hydrogens is 340 g/mol. The third-order valence-electron chi connectivity index (χ3n) is 5.56. The summed E-state index contributed by atoms with van der Waals surface area (Å²) < 4.78 is 5.20. The lowest BCUT2D eigenvalue weighted by Crippen LogP contribution is -2.40. The molecule has 0 saturated carbocycles. The van der Waals surface area contributed by atoms with Crippen molar-refractivity contribution in [2.24, 2.45) is 5.92 Å². The Hall–Kier alpha value is -2.63. The number of hydrogen-bond donors (Lipinski definition) is 1. The SMILES string of the molecule is Cc1noc(C)c1CCC(=O)N1CCCC(Cc2nc3ccccc3[nH]2)C1. The molecule has 1 aromatic carbocycles. The van der Waals surface area contributed by atoms with Gasteiger partial charge in [-0.2, -0.15) is 0 Å². The van der Waals surface area contributed by atoms with Gasteiger partial charge in [-0.1, -0.05) is 17.3 Å². The van der Waals surface area contributed by atoms with Crippen molar-refractivity contribution in [2.45, 2.75) is 46.0 Å².